The monoisotopic (exact) mass is 493 g/mol. The fourth-order valence-electron chi connectivity index (χ4n) is 4.87. The van der Waals surface area contributed by atoms with Crippen molar-refractivity contribution < 1.29 is 23.9 Å². The maximum Gasteiger partial charge on any atom is 0.417 e. The van der Waals surface area contributed by atoms with Gasteiger partial charge >= 0.3 is 23.8 Å². The van der Waals surface area contributed by atoms with Crippen molar-refractivity contribution in [1.82, 2.24) is 20.1 Å². The lowest BCUT2D eigenvalue weighted by atomic mass is 9.99. The lowest BCUT2D eigenvalue weighted by Gasteiger charge is -2.40. The summed E-state index contributed by atoms with van der Waals surface area (Å²) in [5, 5.41) is 15.3. The quantitative estimate of drug-likeness (QED) is 0.415. The van der Waals surface area contributed by atoms with E-state index < -0.39 is 17.6 Å². The predicted octanol–water partition coefficient (Wildman–Crippen LogP) is 2.59. The Morgan fingerprint density at radius 2 is 1.92 bits per heavy atom. The van der Waals surface area contributed by atoms with Crippen LogP contribution in [0.3, 0.4) is 0 Å². The van der Waals surface area contributed by atoms with Gasteiger partial charge in [0, 0.05) is 37.9 Å². The molecule has 3 heterocycles. The number of para-hydroxylation sites is 1. The van der Waals surface area contributed by atoms with E-state index in [1.54, 1.807) is 23.1 Å². The van der Waals surface area contributed by atoms with E-state index in [4.69, 9.17) is 4.42 Å². The lowest BCUT2D eigenvalue weighted by Crippen LogP contribution is -2.53. The number of carboxylic acids is 1. The van der Waals surface area contributed by atoms with Gasteiger partial charge in [-0.25, -0.2) is 14.4 Å². The minimum atomic E-state index is -1.03. The van der Waals surface area contributed by atoms with E-state index in [1.165, 1.54) is 0 Å². The van der Waals surface area contributed by atoms with Gasteiger partial charge in [0.25, 0.3) is 0 Å². The molecular formula is C25H27N5O6. The first-order valence-corrected chi connectivity index (χ1v) is 11.9. The summed E-state index contributed by atoms with van der Waals surface area (Å²) in [6.07, 6.45) is 1.47. The summed E-state index contributed by atoms with van der Waals surface area (Å²) in [5.74, 6) is -2.44. The van der Waals surface area contributed by atoms with E-state index >= 15 is 0 Å². The molecule has 11 heteroatoms. The molecule has 0 bridgehead atoms. The number of carbonyl (C=O) groups excluding carboxylic acids is 2. The fraction of sp³-hybridized carbons (Fsp3) is 0.360. The number of carboxylic acid groups (broad SMARTS) is 1. The van der Waals surface area contributed by atoms with Gasteiger partial charge in [-0.3, -0.25) is 9.78 Å². The van der Waals surface area contributed by atoms with Crippen LogP contribution < -0.4 is 16.4 Å². The number of likely N-dealkylation sites (tertiary alicyclic amines) is 1. The molecule has 36 heavy (non-hydrogen) atoms. The maximum absolute atomic E-state index is 12.7. The average molecular weight is 494 g/mol. The van der Waals surface area contributed by atoms with E-state index in [-0.39, 0.29) is 31.1 Å². The van der Waals surface area contributed by atoms with Crippen LogP contribution >= 0.6 is 0 Å². The molecule has 0 unspecified atom stereocenters. The van der Waals surface area contributed by atoms with Crippen molar-refractivity contribution in [3.63, 3.8) is 0 Å². The molecule has 4 N–H and O–H groups in total. The van der Waals surface area contributed by atoms with Gasteiger partial charge in [0.15, 0.2) is 5.58 Å². The predicted molar refractivity (Wildman–Crippen MR) is 131 cm³/mol. The molecule has 5 rings (SSSR count). The number of rotatable bonds is 6. The standard InChI is InChI=1S/C25H27N5O6/c31-22(32)17(11-15-5-6-20-21(12-15)36-25(35)28-20)13-26-23(33)29-9-7-18(8-10-29)30-14-16-3-1-2-4-19(16)27-24(30)34/h1-6,12,17-18H,7-11,13-14H2,(H,26,33)(H,27,34)(H,28,35)(H,31,32)/t17-/m1/s1. The number of hydrogen-bond donors (Lipinski definition) is 4. The second-order valence-corrected chi connectivity index (χ2v) is 9.20. The normalized spacial score (nSPS) is 16.9. The van der Waals surface area contributed by atoms with Crippen molar-refractivity contribution in [3.8, 4) is 0 Å². The van der Waals surface area contributed by atoms with Gasteiger partial charge in [-0.1, -0.05) is 24.3 Å². The number of aromatic nitrogens is 1. The van der Waals surface area contributed by atoms with Gasteiger partial charge in [-0.15, -0.1) is 0 Å². The Hall–Kier alpha value is -4.28. The van der Waals surface area contributed by atoms with E-state index in [2.05, 4.69) is 15.6 Å². The first kappa shape index (κ1) is 23.5. The molecule has 2 aromatic carbocycles. The van der Waals surface area contributed by atoms with Crippen molar-refractivity contribution in [2.75, 3.05) is 25.0 Å². The number of nitrogens with zero attached hydrogens (tertiary/aromatic N) is 2. The molecule has 0 spiro atoms. The van der Waals surface area contributed by atoms with Gasteiger partial charge in [-0.05, 0) is 48.6 Å². The zero-order valence-corrected chi connectivity index (χ0v) is 19.5. The minimum Gasteiger partial charge on any atom is -0.481 e. The number of aliphatic carboxylic acids is 1. The number of oxazole rings is 1. The van der Waals surface area contributed by atoms with Gasteiger partial charge in [-0.2, -0.15) is 0 Å². The highest BCUT2D eigenvalue weighted by Gasteiger charge is 2.32. The van der Waals surface area contributed by atoms with Crippen molar-refractivity contribution in [3.05, 3.63) is 64.1 Å². The van der Waals surface area contributed by atoms with Crippen LogP contribution in [-0.4, -0.2) is 63.6 Å². The molecule has 11 nitrogen and oxygen atoms in total. The molecule has 1 saturated heterocycles. The van der Waals surface area contributed by atoms with Gasteiger partial charge in [0.2, 0.25) is 0 Å². The molecule has 1 aromatic heterocycles. The maximum atomic E-state index is 12.7. The molecule has 0 radical (unpaired) electrons. The highest BCUT2D eigenvalue weighted by molar-refractivity contribution is 5.92. The SMILES string of the molecule is O=C(O)[C@@H](CNC(=O)N1CCC(N2Cc3ccccc3NC2=O)CC1)Cc1ccc2[nH]c(=O)oc2c1. The smallest absolute Gasteiger partial charge is 0.417 e. The highest BCUT2D eigenvalue weighted by atomic mass is 16.4. The molecule has 1 fully saturated rings. The summed E-state index contributed by atoms with van der Waals surface area (Å²) in [4.78, 5) is 54.5. The number of carbonyl (C=O) groups is 3. The topological polar surface area (TPSA) is 148 Å². The van der Waals surface area contributed by atoms with Crippen molar-refractivity contribution in [2.24, 2.45) is 5.92 Å². The van der Waals surface area contributed by atoms with Gasteiger partial charge in [0.1, 0.15) is 0 Å². The van der Waals surface area contributed by atoms with Crippen LogP contribution in [-0.2, 0) is 17.8 Å². The van der Waals surface area contributed by atoms with Crippen LogP contribution in [0.5, 0.6) is 0 Å². The zero-order valence-electron chi connectivity index (χ0n) is 19.5. The Kier molecular flexibility index (Phi) is 6.36. The van der Waals surface area contributed by atoms with Crippen molar-refractivity contribution in [2.45, 2.75) is 31.8 Å². The molecule has 1 atom stereocenters. The van der Waals surface area contributed by atoms with Crippen LogP contribution in [0.25, 0.3) is 11.1 Å². The van der Waals surface area contributed by atoms with E-state index in [0.29, 0.717) is 49.1 Å². The number of benzene rings is 2. The molecule has 188 valence electrons. The van der Waals surface area contributed by atoms with Gasteiger partial charge in [0.05, 0.1) is 11.4 Å². The largest absolute Gasteiger partial charge is 0.481 e. The van der Waals surface area contributed by atoms with Crippen LogP contribution in [0.15, 0.2) is 51.7 Å². The first-order chi connectivity index (χ1) is 17.4. The molecule has 3 aromatic rings. The van der Waals surface area contributed by atoms with Crippen molar-refractivity contribution >= 4 is 34.8 Å². The molecule has 2 aliphatic rings. The number of anilines is 1. The Labute approximate surface area is 206 Å². The number of hydrogen-bond acceptors (Lipinski definition) is 5. The fourth-order valence-corrected chi connectivity index (χ4v) is 4.87. The summed E-state index contributed by atoms with van der Waals surface area (Å²) in [6, 6.07) is 12.3. The molecular weight excluding hydrogens is 466 g/mol. The molecule has 4 amide bonds. The van der Waals surface area contributed by atoms with E-state index in [0.717, 1.165) is 11.3 Å². The van der Waals surface area contributed by atoms with E-state index in [9.17, 15) is 24.3 Å². The van der Waals surface area contributed by atoms with Crippen LogP contribution in [0.2, 0.25) is 0 Å². The zero-order chi connectivity index (χ0) is 25.2. The number of amides is 4. The number of nitrogens with one attached hydrogen (secondary N) is 3. The minimum absolute atomic E-state index is 0.0255. The Bertz CT molecular complexity index is 1360. The third-order valence-electron chi connectivity index (χ3n) is 6.87. The number of piperidine rings is 1. The number of urea groups is 2. The van der Waals surface area contributed by atoms with Crippen LogP contribution in [0.4, 0.5) is 15.3 Å². The number of aromatic amines is 1. The summed E-state index contributed by atoms with van der Waals surface area (Å²) < 4.78 is 5.04. The summed E-state index contributed by atoms with van der Waals surface area (Å²) in [7, 11) is 0. The average Bonchev–Trinajstić information content (AvgIpc) is 3.25. The summed E-state index contributed by atoms with van der Waals surface area (Å²) in [6.45, 7) is 1.46. The molecule has 0 aliphatic carbocycles. The number of H-pyrrole nitrogens is 1. The highest BCUT2D eigenvalue weighted by Crippen LogP contribution is 2.27. The van der Waals surface area contributed by atoms with E-state index in [1.807, 2.05) is 29.2 Å². The van der Waals surface area contributed by atoms with Crippen LogP contribution in [0, 0.1) is 5.92 Å². The summed E-state index contributed by atoms with van der Waals surface area (Å²) in [5.41, 5.74) is 3.49. The molecule has 0 saturated carbocycles. The Morgan fingerprint density at radius 1 is 1.14 bits per heavy atom. The Balaban J connectivity index is 1.13. The second kappa shape index (κ2) is 9.76. The lowest BCUT2D eigenvalue weighted by molar-refractivity contribution is -0.141. The Morgan fingerprint density at radius 3 is 2.69 bits per heavy atom. The van der Waals surface area contributed by atoms with Crippen molar-refractivity contribution in [1.29, 1.82) is 0 Å². The first-order valence-electron chi connectivity index (χ1n) is 11.9. The third-order valence-corrected chi connectivity index (χ3v) is 6.87. The third kappa shape index (κ3) is 4.90. The molecule has 2 aliphatic heterocycles. The van der Waals surface area contributed by atoms with Crippen LogP contribution in [0.1, 0.15) is 24.0 Å². The number of fused-ring (bicyclic) bond motifs is 2. The van der Waals surface area contributed by atoms with Gasteiger partial charge < -0.3 is 30.0 Å². The second-order valence-electron chi connectivity index (χ2n) is 9.20. The summed E-state index contributed by atoms with van der Waals surface area (Å²) >= 11 is 0.